The molecule has 2 aromatic carbocycles. The standard InChI is InChI=1S/C17H18S2/c1-2-6-16(18)17(19)15-11-9-14(10-12-15)13-7-4-3-5-8-13/h3-5,7-12,18-19H,2,6H2,1H3/b17-16-. The van der Waals surface area contributed by atoms with Crippen molar-refractivity contribution in [2.75, 3.05) is 0 Å². The van der Waals surface area contributed by atoms with Crippen LogP contribution >= 0.6 is 25.3 Å². The van der Waals surface area contributed by atoms with Gasteiger partial charge in [0.1, 0.15) is 0 Å². The van der Waals surface area contributed by atoms with Gasteiger partial charge in [0.05, 0.1) is 0 Å². The predicted octanol–water partition coefficient (Wildman–Crippen LogP) is 5.68. The minimum absolute atomic E-state index is 0.975. The zero-order valence-electron chi connectivity index (χ0n) is 11.0. The van der Waals surface area contributed by atoms with Gasteiger partial charge in [0, 0.05) is 4.91 Å². The van der Waals surface area contributed by atoms with E-state index in [1.807, 2.05) is 6.07 Å². The minimum Gasteiger partial charge on any atom is -0.147 e. The Morgan fingerprint density at radius 2 is 1.42 bits per heavy atom. The fourth-order valence-electron chi connectivity index (χ4n) is 1.97. The van der Waals surface area contributed by atoms with Crippen molar-refractivity contribution in [2.45, 2.75) is 19.8 Å². The number of benzene rings is 2. The second-order valence-electron chi connectivity index (χ2n) is 4.49. The number of thiol groups is 2. The molecule has 0 saturated carbocycles. The van der Waals surface area contributed by atoms with Gasteiger partial charge in [0.25, 0.3) is 0 Å². The summed E-state index contributed by atoms with van der Waals surface area (Å²) in [5.41, 5.74) is 3.58. The van der Waals surface area contributed by atoms with E-state index in [1.54, 1.807) is 0 Å². The highest BCUT2D eigenvalue weighted by Gasteiger charge is 2.03. The van der Waals surface area contributed by atoms with E-state index in [0.717, 1.165) is 28.2 Å². The molecule has 0 spiro atoms. The molecule has 0 amide bonds. The Hall–Kier alpha value is -1.12. The average Bonchev–Trinajstić information content (AvgIpc) is 2.48. The smallest absolute Gasteiger partial charge is 0.0205 e. The zero-order chi connectivity index (χ0) is 13.7. The van der Waals surface area contributed by atoms with Crippen molar-refractivity contribution in [1.29, 1.82) is 0 Å². The van der Waals surface area contributed by atoms with Gasteiger partial charge in [-0.3, -0.25) is 0 Å². The summed E-state index contributed by atoms with van der Waals surface area (Å²) in [6, 6.07) is 18.9. The van der Waals surface area contributed by atoms with E-state index < -0.39 is 0 Å². The van der Waals surface area contributed by atoms with E-state index in [-0.39, 0.29) is 0 Å². The zero-order valence-corrected chi connectivity index (χ0v) is 12.8. The van der Waals surface area contributed by atoms with Gasteiger partial charge in [-0.05, 0) is 28.0 Å². The van der Waals surface area contributed by atoms with Crippen LogP contribution in [-0.2, 0) is 0 Å². The highest BCUT2D eigenvalue weighted by molar-refractivity contribution is 7.93. The van der Waals surface area contributed by atoms with Gasteiger partial charge in [0.2, 0.25) is 0 Å². The van der Waals surface area contributed by atoms with Crippen molar-refractivity contribution in [2.24, 2.45) is 0 Å². The van der Waals surface area contributed by atoms with Crippen LogP contribution in [0.1, 0.15) is 25.3 Å². The van der Waals surface area contributed by atoms with E-state index in [0.29, 0.717) is 0 Å². The Bertz CT molecular complexity index is 554. The summed E-state index contributed by atoms with van der Waals surface area (Å²) in [4.78, 5) is 2.03. The van der Waals surface area contributed by atoms with Crippen LogP contribution in [0.15, 0.2) is 59.5 Å². The van der Waals surface area contributed by atoms with Gasteiger partial charge in [0.15, 0.2) is 0 Å². The largest absolute Gasteiger partial charge is 0.147 e. The molecule has 0 aliphatic heterocycles. The third-order valence-electron chi connectivity index (χ3n) is 3.03. The molecule has 2 aromatic rings. The monoisotopic (exact) mass is 286 g/mol. The van der Waals surface area contributed by atoms with E-state index in [4.69, 9.17) is 0 Å². The molecule has 19 heavy (non-hydrogen) atoms. The normalized spacial score (nSPS) is 12.2. The van der Waals surface area contributed by atoms with E-state index in [2.05, 4.69) is 80.7 Å². The predicted molar refractivity (Wildman–Crippen MR) is 91.7 cm³/mol. The third kappa shape index (κ3) is 3.68. The van der Waals surface area contributed by atoms with E-state index >= 15 is 0 Å². The first-order valence-electron chi connectivity index (χ1n) is 6.49. The van der Waals surface area contributed by atoms with Crippen molar-refractivity contribution < 1.29 is 0 Å². The summed E-state index contributed by atoms with van der Waals surface area (Å²) in [6.45, 7) is 2.15. The quantitative estimate of drug-likeness (QED) is 0.664. The lowest BCUT2D eigenvalue weighted by Crippen LogP contribution is -1.83. The van der Waals surface area contributed by atoms with Crippen molar-refractivity contribution in [3.8, 4) is 11.1 Å². The van der Waals surface area contributed by atoms with Crippen molar-refractivity contribution >= 4 is 30.2 Å². The number of hydrogen-bond acceptors (Lipinski definition) is 2. The highest BCUT2D eigenvalue weighted by Crippen LogP contribution is 2.29. The summed E-state index contributed by atoms with van der Waals surface area (Å²) in [5.74, 6) is 0. The van der Waals surface area contributed by atoms with Crippen molar-refractivity contribution in [3.05, 3.63) is 65.1 Å². The second-order valence-corrected chi connectivity index (χ2v) is 5.48. The maximum atomic E-state index is 4.57. The van der Waals surface area contributed by atoms with Crippen LogP contribution in [0, 0.1) is 0 Å². The molecule has 0 N–H and O–H groups in total. The maximum Gasteiger partial charge on any atom is 0.0205 e. The van der Waals surface area contributed by atoms with Gasteiger partial charge >= 0.3 is 0 Å². The lowest BCUT2D eigenvalue weighted by atomic mass is 10.0. The van der Waals surface area contributed by atoms with Gasteiger partial charge in [-0.15, -0.1) is 25.3 Å². The molecule has 2 heteroatoms. The average molecular weight is 286 g/mol. The Kier molecular flexibility index (Phi) is 5.17. The van der Waals surface area contributed by atoms with Crippen molar-refractivity contribution in [1.82, 2.24) is 0 Å². The first-order valence-corrected chi connectivity index (χ1v) is 7.38. The molecule has 0 unspecified atom stereocenters. The molecular weight excluding hydrogens is 268 g/mol. The van der Waals surface area contributed by atoms with Gasteiger partial charge in [-0.2, -0.15) is 0 Å². The molecule has 98 valence electrons. The van der Waals surface area contributed by atoms with Crippen LogP contribution in [0.4, 0.5) is 0 Å². The van der Waals surface area contributed by atoms with Crippen LogP contribution < -0.4 is 0 Å². The second kappa shape index (κ2) is 6.88. The van der Waals surface area contributed by atoms with E-state index in [9.17, 15) is 0 Å². The third-order valence-corrected chi connectivity index (χ3v) is 4.18. The topological polar surface area (TPSA) is 0 Å². The van der Waals surface area contributed by atoms with Crippen LogP contribution in [0.25, 0.3) is 16.0 Å². The summed E-state index contributed by atoms with van der Waals surface area (Å²) in [5, 5.41) is 0. The molecule has 0 aliphatic rings. The first-order chi connectivity index (χ1) is 9.22. The van der Waals surface area contributed by atoms with E-state index in [1.165, 1.54) is 11.1 Å². The Morgan fingerprint density at radius 1 is 0.842 bits per heavy atom. The SMILES string of the molecule is CCC/C(S)=C(/S)c1ccc(-c2ccccc2)cc1. The number of rotatable bonds is 4. The lowest BCUT2D eigenvalue weighted by molar-refractivity contribution is 0.952. The fourth-order valence-corrected chi connectivity index (χ4v) is 2.59. The number of hydrogen-bond donors (Lipinski definition) is 2. The molecule has 0 radical (unpaired) electrons. The molecule has 0 aliphatic carbocycles. The molecule has 0 fully saturated rings. The molecule has 0 bridgehead atoms. The Labute approximate surface area is 126 Å². The van der Waals surface area contributed by atoms with Crippen molar-refractivity contribution in [3.63, 3.8) is 0 Å². The Balaban J connectivity index is 2.27. The summed E-state index contributed by atoms with van der Waals surface area (Å²) >= 11 is 9.09. The van der Waals surface area contributed by atoms with Gasteiger partial charge < -0.3 is 0 Å². The van der Waals surface area contributed by atoms with Crippen LogP contribution in [0.3, 0.4) is 0 Å². The first kappa shape index (κ1) is 14.3. The summed E-state index contributed by atoms with van der Waals surface area (Å²) < 4.78 is 0. The van der Waals surface area contributed by atoms with Gasteiger partial charge in [-0.25, -0.2) is 0 Å². The molecular formula is C17H18S2. The minimum atomic E-state index is 0.975. The summed E-state index contributed by atoms with van der Waals surface area (Å²) in [7, 11) is 0. The molecule has 2 rings (SSSR count). The van der Waals surface area contributed by atoms with Gasteiger partial charge in [-0.1, -0.05) is 67.9 Å². The lowest BCUT2D eigenvalue weighted by Gasteiger charge is -2.07. The molecule has 0 heterocycles. The molecule has 0 atom stereocenters. The Morgan fingerprint density at radius 3 is 2.00 bits per heavy atom. The molecule has 0 saturated heterocycles. The number of allylic oxidation sites excluding steroid dienone is 1. The van der Waals surface area contributed by atoms with Crippen LogP contribution in [-0.4, -0.2) is 0 Å². The fraction of sp³-hybridized carbons (Fsp3) is 0.176. The van der Waals surface area contributed by atoms with Crippen LogP contribution in [0.5, 0.6) is 0 Å². The van der Waals surface area contributed by atoms with Crippen LogP contribution in [0.2, 0.25) is 0 Å². The highest BCUT2D eigenvalue weighted by atomic mass is 32.1. The maximum absolute atomic E-state index is 4.57. The molecule has 0 aromatic heterocycles. The summed E-state index contributed by atoms with van der Waals surface area (Å²) in [6.07, 6.45) is 2.06. The molecule has 0 nitrogen and oxygen atoms in total.